The van der Waals surface area contributed by atoms with E-state index in [4.69, 9.17) is 8.83 Å². The predicted molar refractivity (Wildman–Crippen MR) is 271 cm³/mol. The average molecular weight is 835 g/mol. The smallest absolute Gasteiger partial charge is 0.137 e. The van der Waals surface area contributed by atoms with E-state index >= 15 is 0 Å². The Hall–Kier alpha value is -8.74. The molecule has 0 bridgehead atoms. The van der Waals surface area contributed by atoms with Crippen molar-refractivity contribution >= 4 is 132 Å². The van der Waals surface area contributed by atoms with Gasteiger partial charge in [-0.15, -0.1) is 0 Å². The quantitative estimate of drug-likeness (QED) is 0.181. The van der Waals surface area contributed by atoms with Crippen molar-refractivity contribution in [3.8, 4) is 0 Å². The molecule has 0 fully saturated rings. The van der Waals surface area contributed by atoms with Crippen molar-refractivity contribution in [3.05, 3.63) is 206 Å². The lowest BCUT2D eigenvalue weighted by molar-refractivity contribution is 0.668. The third kappa shape index (κ3) is 5.47. The van der Waals surface area contributed by atoms with Crippen LogP contribution in [0.2, 0.25) is 0 Å². The van der Waals surface area contributed by atoms with E-state index in [-0.39, 0.29) is 0 Å². The summed E-state index contributed by atoms with van der Waals surface area (Å²) < 4.78 is 15.8. The Balaban J connectivity index is 0.865. The molecule has 0 amide bonds. The fourth-order valence-electron chi connectivity index (χ4n) is 10.4. The number of nitrogens with one attached hydrogen (secondary N) is 1. The molecule has 0 aliphatic carbocycles. The third-order valence-electron chi connectivity index (χ3n) is 13.4. The fraction of sp³-hybridized carbons (Fsp3) is 0.0169. The molecule has 10 aromatic carbocycles. The van der Waals surface area contributed by atoms with Crippen molar-refractivity contribution in [1.29, 1.82) is 0 Å². The van der Waals surface area contributed by atoms with Crippen LogP contribution >= 0.6 is 0 Å². The summed E-state index contributed by atoms with van der Waals surface area (Å²) in [5, 5.41) is 11.4. The molecule has 6 heteroatoms. The van der Waals surface area contributed by atoms with E-state index in [1.54, 1.807) is 0 Å². The van der Waals surface area contributed by atoms with Crippen LogP contribution < -0.4 is 9.80 Å². The second-order valence-corrected chi connectivity index (χ2v) is 17.1. The van der Waals surface area contributed by atoms with Crippen LogP contribution in [0.1, 0.15) is 0 Å². The van der Waals surface area contributed by atoms with Crippen molar-refractivity contribution in [2.24, 2.45) is 7.05 Å². The standard InChI is InChI=1S/C59H38N4O2/c1-61-54-19-11-9-17-45(54)49-33-41(23-27-55(49)61)63(39-14-6-3-7-15-39)43-21-25-47-51-29-37-30-56-50(28-36(37)31-57(51)65-59(47)35-43)46-24-20-42(34-58(46)64-56)62(38-12-4-2-5-13-38)40-22-26-53-48(32-40)44-16-8-10-18-52(44)60-53/h2-35,60H,1H3. The van der Waals surface area contributed by atoms with Crippen LogP contribution in [0.15, 0.2) is 215 Å². The Labute approximate surface area is 372 Å². The number of benzene rings is 10. The van der Waals surface area contributed by atoms with Gasteiger partial charge in [0.15, 0.2) is 0 Å². The fourth-order valence-corrected chi connectivity index (χ4v) is 10.4. The number of furan rings is 2. The molecule has 0 saturated carbocycles. The first kappa shape index (κ1) is 35.8. The lowest BCUT2D eigenvalue weighted by atomic mass is 10.0. The second-order valence-electron chi connectivity index (χ2n) is 17.1. The highest BCUT2D eigenvalue weighted by Gasteiger charge is 2.20. The number of nitrogens with zero attached hydrogens (tertiary/aromatic N) is 3. The number of rotatable bonds is 6. The van der Waals surface area contributed by atoms with Gasteiger partial charge >= 0.3 is 0 Å². The molecule has 0 saturated heterocycles. The van der Waals surface area contributed by atoms with E-state index in [0.717, 1.165) is 99.8 Å². The van der Waals surface area contributed by atoms with Gasteiger partial charge in [-0.3, -0.25) is 0 Å². The van der Waals surface area contributed by atoms with Gasteiger partial charge in [0.25, 0.3) is 0 Å². The maximum atomic E-state index is 6.75. The van der Waals surface area contributed by atoms with Gasteiger partial charge in [-0.1, -0.05) is 72.8 Å². The van der Waals surface area contributed by atoms with Crippen molar-refractivity contribution < 1.29 is 8.83 Å². The average Bonchev–Trinajstić information content (AvgIpc) is 4.09. The summed E-state index contributed by atoms with van der Waals surface area (Å²) in [7, 11) is 2.14. The highest BCUT2D eigenvalue weighted by Crippen LogP contribution is 2.44. The summed E-state index contributed by atoms with van der Waals surface area (Å²) in [6.07, 6.45) is 0. The van der Waals surface area contributed by atoms with Gasteiger partial charge < -0.3 is 28.2 Å². The van der Waals surface area contributed by atoms with E-state index in [1.165, 1.54) is 32.6 Å². The van der Waals surface area contributed by atoms with Gasteiger partial charge in [0.1, 0.15) is 22.3 Å². The molecule has 0 aliphatic heterocycles. The summed E-state index contributed by atoms with van der Waals surface area (Å²) >= 11 is 0. The van der Waals surface area contributed by atoms with E-state index in [1.807, 2.05) is 0 Å². The molecule has 4 aromatic heterocycles. The lowest BCUT2D eigenvalue weighted by Gasteiger charge is -2.25. The number of aryl methyl sites for hydroxylation is 1. The number of aromatic amines is 1. The number of anilines is 6. The molecule has 1 N–H and O–H groups in total. The normalized spacial score (nSPS) is 12.1. The number of hydrogen-bond acceptors (Lipinski definition) is 4. The predicted octanol–water partition coefficient (Wildman–Crippen LogP) is 16.9. The van der Waals surface area contributed by atoms with Gasteiger partial charge in [0, 0.05) is 118 Å². The van der Waals surface area contributed by atoms with E-state index < -0.39 is 0 Å². The number of H-pyrrole nitrogens is 1. The molecule has 0 aliphatic rings. The lowest BCUT2D eigenvalue weighted by Crippen LogP contribution is -2.09. The minimum Gasteiger partial charge on any atom is -0.456 e. The molecule has 0 unspecified atom stereocenters. The molecule has 6 nitrogen and oxygen atoms in total. The summed E-state index contributed by atoms with van der Waals surface area (Å²) in [4.78, 5) is 8.20. The highest BCUT2D eigenvalue weighted by molar-refractivity contribution is 6.16. The Morgan fingerprint density at radius 2 is 0.785 bits per heavy atom. The molecule has 14 rings (SSSR count). The van der Waals surface area contributed by atoms with Gasteiger partial charge in [-0.2, -0.15) is 0 Å². The van der Waals surface area contributed by atoms with Crippen LogP contribution in [0.4, 0.5) is 34.1 Å². The number of fused-ring (bicyclic) bond motifs is 13. The molecule has 0 radical (unpaired) electrons. The first-order valence-corrected chi connectivity index (χ1v) is 22.0. The van der Waals surface area contributed by atoms with Crippen LogP contribution in [-0.4, -0.2) is 9.55 Å². The maximum Gasteiger partial charge on any atom is 0.137 e. The number of para-hydroxylation sites is 4. The summed E-state index contributed by atoms with van der Waals surface area (Å²) in [5.41, 5.74) is 14.4. The first-order chi connectivity index (χ1) is 32.1. The van der Waals surface area contributed by atoms with Crippen LogP contribution in [0.5, 0.6) is 0 Å². The van der Waals surface area contributed by atoms with Gasteiger partial charge in [-0.25, -0.2) is 0 Å². The second kappa shape index (κ2) is 13.6. The number of hydrogen-bond donors (Lipinski definition) is 1. The van der Waals surface area contributed by atoms with Gasteiger partial charge in [0.05, 0.1) is 0 Å². The zero-order valence-electron chi connectivity index (χ0n) is 35.3. The first-order valence-electron chi connectivity index (χ1n) is 22.0. The van der Waals surface area contributed by atoms with Crippen LogP contribution in [0.25, 0.3) is 98.3 Å². The molecule has 14 aromatic rings. The molecule has 65 heavy (non-hydrogen) atoms. The molecule has 0 spiro atoms. The highest BCUT2D eigenvalue weighted by atomic mass is 16.3. The molecule has 306 valence electrons. The molecule has 4 heterocycles. The zero-order valence-corrected chi connectivity index (χ0v) is 35.3. The Bertz CT molecular complexity index is 4210. The van der Waals surface area contributed by atoms with Crippen LogP contribution in [-0.2, 0) is 7.05 Å². The topological polar surface area (TPSA) is 53.5 Å². The maximum absolute atomic E-state index is 6.75. The van der Waals surface area contributed by atoms with Crippen LogP contribution in [0, 0.1) is 0 Å². The molecule has 0 atom stereocenters. The van der Waals surface area contributed by atoms with E-state index in [0.29, 0.717) is 0 Å². The molecular formula is C59H38N4O2. The summed E-state index contributed by atoms with van der Waals surface area (Å²) in [6, 6.07) is 73.6. The van der Waals surface area contributed by atoms with Crippen molar-refractivity contribution in [3.63, 3.8) is 0 Å². The van der Waals surface area contributed by atoms with Crippen molar-refractivity contribution in [2.45, 2.75) is 0 Å². The van der Waals surface area contributed by atoms with E-state index in [2.05, 4.69) is 233 Å². The zero-order chi connectivity index (χ0) is 42.8. The van der Waals surface area contributed by atoms with E-state index in [9.17, 15) is 0 Å². The summed E-state index contributed by atoms with van der Waals surface area (Å²) in [5.74, 6) is 0. The third-order valence-corrected chi connectivity index (χ3v) is 13.4. The minimum atomic E-state index is 0.839. The van der Waals surface area contributed by atoms with Crippen molar-refractivity contribution in [2.75, 3.05) is 9.80 Å². The monoisotopic (exact) mass is 834 g/mol. The minimum absolute atomic E-state index is 0.839. The Morgan fingerprint density at radius 3 is 1.42 bits per heavy atom. The van der Waals surface area contributed by atoms with Gasteiger partial charge in [0.2, 0.25) is 0 Å². The molecular weight excluding hydrogens is 797 g/mol. The Kier molecular flexibility index (Phi) is 7.51. The largest absolute Gasteiger partial charge is 0.456 e. The SMILES string of the molecule is Cn1c2ccccc2c2cc(N(c3ccccc3)c3ccc4c(c3)oc3cc5cc6c(cc5cc34)oc3cc(N(c4ccccc4)c4ccc5[nH]c7ccccc7c5c4)ccc36)ccc21. The number of aromatic nitrogens is 2. The van der Waals surface area contributed by atoms with Crippen molar-refractivity contribution in [1.82, 2.24) is 9.55 Å². The van der Waals surface area contributed by atoms with Crippen LogP contribution in [0.3, 0.4) is 0 Å². The summed E-state index contributed by atoms with van der Waals surface area (Å²) in [6.45, 7) is 0. The Morgan fingerprint density at radius 1 is 0.323 bits per heavy atom. The van der Waals surface area contributed by atoms with Gasteiger partial charge in [-0.05, 0) is 132 Å².